The zero-order chi connectivity index (χ0) is 36.5. The van der Waals surface area contributed by atoms with Gasteiger partial charge in [-0.3, -0.25) is 0 Å². The Morgan fingerprint density at radius 1 is 0.259 bits per heavy atom. The molecule has 7 aromatic carbocycles. The van der Waals surface area contributed by atoms with Crippen molar-refractivity contribution in [2.45, 2.75) is 0 Å². The zero-order valence-electron chi connectivity index (χ0n) is 28.1. The predicted octanol–water partition coefficient (Wildman–Crippen LogP) is 10.9. The summed E-state index contributed by atoms with van der Waals surface area (Å²) < 4.78 is 37.7. The van der Waals surface area contributed by atoms with Crippen molar-refractivity contribution in [3.8, 4) is 67.9 Å². The fourth-order valence-corrected chi connectivity index (χ4v) is 14.0. The van der Waals surface area contributed by atoms with Gasteiger partial charge in [0.2, 0.25) is 0 Å². The van der Waals surface area contributed by atoms with Crippen molar-refractivity contribution in [2.75, 3.05) is 0 Å². The normalized spacial score (nSPS) is 16.2. The lowest BCUT2D eigenvalue weighted by molar-refractivity contribution is 0.583. The SMILES string of the molecule is S=P1(c2cccc(-c3cc(-c4cccc(P5(=S)Oc6ccccc6O5)c4)cc(-c4cccc(P5(=S)Oc6ccccc6O5)c4)c3)c2)Oc2ccccc2O1. The first-order valence-corrected chi connectivity index (χ1v) is 24.9. The Morgan fingerprint density at radius 3 is 0.741 bits per heavy atom. The molecule has 0 aliphatic carbocycles. The second-order valence-electron chi connectivity index (χ2n) is 12.8. The highest BCUT2D eigenvalue weighted by molar-refractivity contribution is 8.14. The molecule has 264 valence electrons. The van der Waals surface area contributed by atoms with E-state index in [1.54, 1.807) is 0 Å². The smallest absolute Gasteiger partial charge is 0.319 e. The molecule has 0 saturated heterocycles. The number of benzene rings is 7. The molecule has 12 heteroatoms. The molecule has 10 rings (SSSR count). The predicted molar refractivity (Wildman–Crippen MR) is 228 cm³/mol. The summed E-state index contributed by atoms with van der Waals surface area (Å²) >= 11 is 18.2. The molecule has 0 saturated carbocycles. The van der Waals surface area contributed by atoms with Crippen LogP contribution in [0.3, 0.4) is 0 Å². The van der Waals surface area contributed by atoms with Crippen molar-refractivity contribution in [1.82, 2.24) is 0 Å². The van der Waals surface area contributed by atoms with E-state index in [9.17, 15) is 0 Å². The van der Waals surface area contributed by atoms with E-state index in [1.165, 1.54) is 0 Å². The molecule has 0 aromatic heterocycles. The van der Waals surface area contributed by atoms with Crippen LogP contribution in [0.2, 0.25) is 0 Å². The van der Waals surface area contributed by atoms with Crippen LogP contribution in [-0.2, 0) is 35.4 Å². The summed E-state index contributed by atoms with van der Waals surface area (Å²) in [4.78, 5) is 0. The first-order valence-electron chi connectivity index (χ1n) is 17.0. The van der Waals surface area contributed by atoms with Gasteiger partial charge in [0, 0.05) is 0 Å². The van der Waals surface area contributed by atoms with Crippen molar-refractivity contribution in [1.29, 1.82) is 0 Å². The summed E-state index contributed by atoms with van der Waals surface area (Å²) in [6.07, 6.45) is 0. The van der Waals surface area contributed by atoms with Crippen LogP contribution in [-0.4, -0.2) is 0 Å². The zero-order valence-corrected chi connectivity index (χ0v) is 33.2. The van der Waals surface area contributed by atoms with Crippen molar-refractivity contribution < 1.29 is 27.1 Å². The third-order valence-electron chi connectivity index (χ3n) is 9.28. The van der Waals surface area contributed by atoms with Gasteiger partial charge in [-0.05, 0) is 160 Å². The first kappa shape index (κ1) is 33.8. The minimum atomic E-state index is -2.83. The molecule has 6 nitrogen and oxygen atoms in total. The lowest BCUT2D eigenvalue weighted by atomic mass is 9.93. The molecule has 0 bridgehead atoms. The Bertz CT molecular complexity index is 2420. The molecule has 7 aromatic rings. The van der Waals surface area contributed by atoms with Crippen LogP contribution in [0.5, 0.6) is 34.5 Å². The molecule has 3 heterocycles. The molecule has 0 N–H and O–H groups in total. The van der Waals surface area contributed by atoms with Crippen molar-refractivity contribution in [3.05, 3.63) is 164 Å². The van der Waals surface area contributed by atoms with E-state index in [1.807, 2.05) is 109 Å². The monoisotopic (exact) mass is 816 g/mol. The average molecular weight is 817 g/mol. The molecule has 0 fully saturated rings. The first-order chi connectivity index (χ1) is 26.2. The lowest BCUT2D eigenvalue weighted by Gasteiger charge is -2.18. The van der Waals surface area contributed by atoms with E-state index in [0.29, 0.717) is 34.5 Å². The molecule has 0 atom stereocenters. The van der Waals surface area contributed by atoms with Crippen molar-refractivity contribution in [2.24, 2.45) is 0 Å². The number of hydrogen-bond donors (Lipinski definition) is 0. The fourth-order valence-electron chi connectivity index (χ4n) is 6.65. The highest BCUT2D eigenvalue weighted by Crippen LogP contribution is 2.60. The number of fused-ring (bicyclic) bond motifs is 3. The highest BCUT2D eigenvalue weighted by atomic mass is 32.5. The Hall–Kier alpha value is -4.71. The van der Waals surface area contributed by atoms with E-state index in [2.05, 4.69) is 54.6 Å². The summed E-state index contributed by atoms with van der Waals surface area (Å²) in [6.45, 7) is -8.50. The topological polar surface area (TPSA) is 55.4 Å². The Morgan fingerprint density at radius 2 is 0.500 bits per heavy atom. The summed E-state index contributed by atoms with van der Waals surface area (Å²) in [7, 11) is 0. The van der Waals surface area contributed by atoms with Crippen molar-refractivity contribution in [3.63, 3.8) is 0 Å². The summed E-state index contributed by atoms with van der Waals surface area (Å²) in [5, 5.41) is 2.47. The lowest BCUT2D eigenvalue weighted by Crippen LogP contribution is -2.10. The molecule has 0 unspecified atom stereocenters. The van der Waals surface area contributed by atoms with Crippen LogP contribution in [0.15, 0.2) is 164 Å². The van der Waals surface area contributed by atoms with Crippen LogP contribution in [0.1, 0.15) is 0 Å². The van der Waals surface area contributed by atoms with Gasteiger partial charge in [-0.1, -0.05) is 72.8 Å². The van der Waals surface area contributed by atoms with Gasteiger partial charge in [0.1, 0.15) is 0 Å². The maximum Gasteiger partial charge on any atom is 0.319 e. The molecule has 3 aliphatic rings. The molecule has 0 amide bonds. The van der Waals surface area contributed by atoms with Crippen LogP contribution >= 0.6 is 19.5 Å². The number of para-hydroxylation sites is 6. The van der Waals surface area contributed by atoms with E-state index in [4.69, 9.17) is 62.6 Å². The molecular formula is C42H27O6P3S3. The third-order valence-corrected chi connectivity index (χ3v) is 17.9. The largest absolute Gasteiger partial charge is 0.428 e. The molecule has 0 radical (unpaired) electrons. The maximum absolute atomic E-state index is 6.29. The van der Waals surface area contributed by atoms with Gasteiger partial charge in [-0.2, -0.15) is 0 Å². The van der Waals surface area contributed by atoms with Gasteiger partial charge >= 0.3 is 19.5 Å². The molecule has 54 heavy (non-hydrogen) atoms. The van der Waals surface area contributed by atoms with E-state index in [-0.39, 0.29) is 0 Å². The number of rotatable bonds is 6. The van der Waals surface area contributed by atoms with Gasteiger partial charge in [-0.15, -0.1) is 0 Å². The van der Waals surface area contributed by atoms with Crippen LogP contribution in [0.4, 0.5) is 0 Å². The van der Waals surface area contributed by atoms with Crippen LogP contribution in [0.25, 0.3) is 33.4 Å². The second-order valence-corrected chi connectivity index (χ2v) is 22.8. The van der Waals surface area contributed by atoms with Crippen LogP contribution < -0.4 is 43.1 Å². The maximum atomic E-state index is 6.29. The fraction of sp³-hybridized carbons (Fsp3) is 0. The Balaban J connectivity index is 1.08. The minimum Gasteiger partial charge on any atom is -0.428 e. The van der Waals surface area contributed by atoms with Gasteiger partial charge in [0.15, 0.2) is 34.5 Å². The standard InChI is InChI=1S/C42H27O6P3S3/c52-49(43-37-16-1-2-17-38(37)44-49)34-13-7-10-28(25-34)31-22-32(29-11-8-14-35(26-29)50(53)45-39-18-3-4-19-40(39)46-50)24-33(23-31)30-12-9-15-36(27-30)51(54)47-41-20-5-6-21-42(41)48-51/h1-27H. The van der Waals surface area contributed by atoms with Crippen LogP contribution in [0, 0.1) is 0 Å². The summed E-state index contributed by atoms with van der Waals surface area (Å²) in [6, 6.07) is 53.7. The van der Waals surface area contributed by atoms with Gasteiger partial charge in [0.05, 0.1) is 15.9 Å². The minimum absolute atomic E-state index is 0.664. The summed E-state index contributed by atoms with van der Waals surface area (Å²) in [5.74, 6) is 3.98. The van der Waals surface area contributed by atoms with E-state index < -0.39 is 19.5 Å². The Kier molecular flexibility index (Phi) is 8.12. The highest BCUT2D eigenvalue weighted by Gasteiger charge is 2.36. The molecular weight excluding hydrogens is 790 g/mol. The molecule has 0 spiro atoms. The summed E-state index contributed by atoms with van der Waals surface area (Å²) in [5.41, 5.74) is 5.82. The number of hydrogen-bond acceptors (Lipinski definition) is 9. The van der Waals surface area contributed by atoms with Gasteiger partial charge in [0.25, 0.3) is 0 Å². The average Bonchev–Trinajstić information content (AvgIpc) is 3.88. The third kappa shape index (κ3) is 5.97. The van der Waals surface area contributed by atoms with Crippen molar-refractivity contribution >= 4 is 70.8 Å². The molecule has 3 aliphatic heterocycles. The van der Waals surface area contributed by atoms with Gasteiger partial charge in [-0.25, -0.2) is 0 Å². The quantitative estimate of drug-likeness (QED) is 0.153. The Labute approximate surface area is 327 Å². The van der Waals surface area contributed by atoms with Gasteiger partial charge < -0.3 is 27.1 Å². The van der Waals surface area contributed by atoms with E-state index >= 15 is 0 Å². The van der Waals surface area contributed by atoms with E-state index in [0.717, 1.165) is 49.3 Å². The second kappa shape index (κ2) is 13.0.